The second-order valence-corrected chi connectivity index (χ2v) is 7.00. The summed E-state index contributed by atoms with van der Waals surface area (Å²) < 4.78 is 18.9. The van der Waals surface area contributed by atoms with E-state index in [0.29, 0.717) is 28.8 Å². The molecule has 0 fully saturated rings. The van der Waals surface area contributed by atoms with Crippen molar-refractivity contribution in [2.45, 2.75) is 13.6 Å². The van der Waals surface area contributed by atoms with E-state index in [4.69, 9.17) is 4.74 Å². The molecule has 0 aliphatic rings. The van der Waals surface area contributed by atoms with Crippen molar-refractivity contribution in [1.29, 1.82) is 0 Å². The van der Waals surface area contributed by atoms with Crippen molar-refractivity contribution in [3.63, 3.8) is 0 Å². The lowest BCUT2D eigenvalue weighted by atomic mass is 10.1. The van der Waals surface area contributed by atoms with E-state index in [-0.39, 0.29) is 11.6 Å². The van der Waals surface area contributed by atoms with Crippen LogP contribution in [0.2, 0.25) is 0 Å². The van der Waals surface area contributed by atoms with Gasteiger partial charge in [0.15, 0.2) is 5.82 Å². The number of nitrogens with zero attached hydrogens (tertiary/aromatic N) is 3. The van der Waals surface area contributed by atoms with Crippen molar-refractivity contribution >= 4 is 17.5 Å². The van der Waals surface area contributed by atoms with Gasteiger partial charge in [-0.2, -0.15) is 0 Å². The molecule has 2 aromatic heterocycles. The van der Waals surface area contributed by atoms with Gasteiger partial charge < -0.3 is 20.4 Å². The maximum atomic E-state index is 13.1. The Morgan fingerprint density at radius 3 is 2.62 bits per heavy atom. The van der Waals surface area contributed by atoms with Crippen LogP contribution < -0.4 is 15.4 Å². The molecule has 0 saturated carbocycles. The number of hydrogen-bond donors (Lipinski definition) is 3. The summed E-state index contributed by atoms with van der Waals surface area (Å²) >= 11 is 0. The number of amides is 1. The second kappa shape index (κ2) is 9.25. The number of aromatic nitrogens is 4. The Bertz CT molecular complexity index is 1240. The van der Waals surface area contributed by atoms with Gasteiger partial charge in [0.2, 0.25) is 5.95 Å². The standard InChI is InChI=1S/C23H21FN6O2/c1-14-3-4-15(11-16(14)13-24)21-28-23(30-29-21)27-17-5-7-18(8-6-17)32-19-9-10-26-20(12-19)22(31)25-2/h3-12H,13H2,1-2H3,(H,25,31)(H2,27,28,29,30). The Hall–Kier alpha value is -4.27. The van der Waals surface area contributed by atoms with E-state index in [1.165, 1.54) is 6.20 Å². The first-order chi connectivity index (χ1) is 15.6. The molecule has 1 amide bonds. The molecular formula is C23H21FN6O2. The average molecular weight is 432 g/mol. The fraction of sp³-hybridized carbons (Fsp3) is 0.130. The molecule has 162 valence electrons. The number of aromatic amines is 1. The molecule has 4 rings (SSSR count). The molecule has 9 heteroatoms. The number of alkyl halides is 1. The number of benzene rings is 2. The summed E-state index contributed by atoms with van der Waals surface area (Å²) in [6, 6.07) is 16.0. The monoisotopic (exact) mass is 432 g/mol. The fourth-order valence-corrected chi connectivity index (χ4v) is 3.02. The Morgan fingerprint density at radius 1 is 1.06 bits per heavy atom. The first-order valence-electron chi connectivity index (χ1n) is 9.87. The zero-order chi connectivity index (χ0) is 22.5. The third-order valence-corrected chi connectivity index (χ3v) is 4.80. The summed E-state index contributed by atoms with van der Waals surface area (Å²) in [4.78, 5) is 18.8. The highest BCUT2D eigenvalue weighted by molar-refractivity contribution is 5.92. The summed E-state index contributed by atoms with van der Waals surface area (Å²) in [5, 5.41) is 13.9. The van der Waals surface area contributed by atoms with Gasteiger partial charge in [0.1, 0.15) is 23.9 Å². The number of ether oxygens (including phenoxy) is 1. The molecular weight excluding hydrogens is 411 g/mol. The quantitative estimate of drug-likeness (QED) is 0.396. The van der Waals surface area contributed by atoms with Crippen molar-refractivity contribution in [3.8, 4) is 22.9 Å². The maximum Gasteiger partial charge on any atom is 0.269 e. The van der Waals surface area contributed by atoms with Crippen LogP contribution in [0.4, 0.5) is 16.0 Å². The largest absolute Gasteiger partial charge is 0.457 e. The van der Waals surface area contributed by atoms with Crippen LogP contribution in [0.3, 0.4) is 0 Å². The Labute approximate surface area is 183 Å². The number of hydrogen-bond acceptors (Lipinski definition) is 6. The fourth-order valence-electron chi connectivity index (χ4n) is 3.02. The molecule has 2 heterocycles. The SMILES string of the molecule is CNC(=O)c1cc(Oc2ccc(Nc3nnc(-c4ccc(C)c(CF)c4)[nH]3)cc2)ccn1. The molecule has 0 bridgehead atoms. The highest BCUT2D eigenvalue weighted by atomic mass is 19.1. The van der Waals surface area contributed by atoms with Crippen LogP contribution in [-0.4, -0.2) is 33.1 Å². The third kappa shape index (κ3) is 4.72. The predicted molar refractivity (Wildman–Crippen MR) is 119 cm³/mol. The van der Waals surface area contributed by atoms with Crippen LogP contribution in [0, 0.1) is 6.92 Å². The second-order valence-electron chi connectivity index (χ2n) is 7.00. The highest BCUT2D eigenvalue weighted by Crippen LogP contribution is 2.25. The average Bonchev–Trinajstić information content (AvgIpc) is 3.29. The van der Waals surface area contributed by atoms with Crippen LogP contribution in [0.25, 0.3) is 11.4 Å². The van der Waals surface area contributed by atoms with Crippen LogP contribution >= 0.6 is 0 Å². The number of halogens is 1. The Balaban J connectivity index is 1.43. The molecule has 4 aromatic rings. The van der Waals surface area contributed by atoms with Gasteiger partial charge in [0.25, 0.3) is 5.91 Å². The van der Waals surface area contributed by atoms with E-state index >= 15 is 0 Å². The molecule has 0 aliphatic heterocycles. The van der Waals surface area contributed by atoms with Crippen molar-refractivity contribution in [2.75, 3.05) is 12.4 Å². The topological polar surface area (TPSA) is 105 Å². The molecule has 0 radical (unpaired) electrons. The van der Waals surface area contributed by atoms with Crippen molar-refractivity contribution in [3.05, 3.63) is 77.6 Å². The van der Waals surface area contributed by atoms with E-state index in [0.717, 1.165) is 16.8 Å². The summed E-state index contributed by atoms with van der Waals surface area (Å²) in [7, 11) is 1.54. The van der Waals surface area contributed by atoms with Crippen LogP contribution in [-0.2, 0) is 6.67 Å². The molecule has 0 unspecified atom stereocenters. The molecule has 32 heavy (non-hydrogen) atoms. The normalized spacial score (nSPS) is 10.6. The van der Waals surface area contributed by atoms with Crippen LogP contribution in [0.1, 0.15) is 21.6 Å². The van der Waals surface area contributed by atoms with Gasteiger partial charge >= 0.3 is 0 Å². The number of rotatable bonds is 7. The minimum absolute atomic E-state index is 0.275. The number of nitrogens with one attached hydrogen (secondary N) is 3. The van der Waals surface area contributed by atoms with Gasteiger partial charge in [-0.3, -0.25) is 9.78 Å². The highest BCUT2D eigenvalue weighted by Gasteiger charge is 2.09. The summed E-state index contributed by atoms with van der Waals surface area (Å²) in [6.07, 6.45) is 1.52. The summed E-state index contributed by atoms with van der Waals surface area (Å²) in [5.41, 5.74) is 3.33. The summed E-state index contributed by atoms with van der Waals surface area (Å²) in [6.45, 7) is 1.34. The van der Waals surface area contributed by atoms with Gasteiger partial charge in [0.05, 0.1) is 0 Å². The minimum atomic E-state index is -0.528. The number of H-pyrrole nitrogens is 1. The molecule has 0 aliphatic carbocycles. The zero-order valence-electron chi connectivity index (χ0n) is 17.5. The van der Waals surface area contributed by atoms with Gasteiger partial charge in [-0.15, -0.1) is 10.2 Å². The molecule has 8 nitrogen and oxygen atoms in total. The van der Waals surface area contributed by atoms with E-state index in [9.17, 15) is 9.18 Å². The first-order valence-corrected chi connectivity index (χ1v) is 9.87. The van der Waals surface area contributed by atoms with E-state index in [2.05, 4.69) is 30.8 Å². The first kappa shape index (κ1) is 21.0. The zero-order valence-corrected chi connectivity index (χ0v) is 17.5. The van der Waals surface area contributed by atoms with Crippen LogP contribution in [0.5, 0.6) is 11.5 Å². The smallest absolute Gasteiger partial charge is 0.269 e. The lowest BCUT2D eigenvalue weighted by Crippen LogP contribution is -2.18. The lowest BCUT2D eigenvalue weighted by Gasteiger charge is -2.08. The van der Waals surface area contributed by atoms with Crippen molar-refractivity contribution in [2.24, 2.45) is 0 Å². The number of carbonyl (C=O) groups excluding carboxylic acids is 1. The number of anilines is 2. The Kier molecular flexibility index (Phi) is 6.07. The number of aryl methyl sites for hydroxylation is 1. The lowest BCUT2D eigenvalue weighted by molar-refractivity contribution is 0.0958. The Morgan fingerprint density at radius 2 is 1.88 bits per heavy atom. The van der Waals surface area contributed by atoms with Crippen molar-refractivity contribution < 1.29 is 13.9 Å². The van der Waals surface area contributed by atoms with Gasteiger partial charge in [0, 0.05) is 30.6 Å². The van der Waals surface area contributed by atoms with Gasteiger partial charge in [-0.1, -0.05) is 12.1 Å². The molecule has 0 atom stereocenters. The van der Waals surface area contributed by atoms with E-state index < -0.39 is 6.67 Å². The van der Waals surface area contributed by atoms with Crippen molar-refractivity contribution in [1.82, 2.24) is 25.5 Å². The van der Waals surface area contributed by atoms with Crippen LogP contribution in [0.15, 0.2) is 60.8 Å². The van der Waals surface area contributed by atoms with E-state index in [1.54, 1.807) is 37.4 Å². The third-order valence-electron chi connectivity index (χ3n) is 4.80. The number of carbonyl (C=O) groups is 1. The molecule has 3 N–H and O–H groups in total. The van der Waals surface area contributed by atoms with Gasteiger partial charge in [-0.25, -0.2) is 4.39 Å². The molecule has 2 aromatic carbocycles. The predicted octanol–water partition coefficient (Wildman–Crippen LogP) is 4.54. The molecule has 0 saturated heterocycles. The molecule has 0 spiro atoms. The summed E-state index contributed by atoms with van der Waals surface area (Å²) in [5.74, 6) is 1.83. The minimum Gasteiger partial charge on any atom is -0.457 e. The number of pyridine rings is 1. The van der Waals surface area contributed by atoms with E-state index in [1.807, 2.05) is 31.2 Å². The van der Waals surface area contributed by atoms with Gasteiger partial charge in [-0.05, 0) is 54.4 Å². The maximum absolute atomic E-state index is 13.1.